The summed E-state index contributed by atoms with van der Waals surface area (Å²) < 4.78 is 0. The molecule has 1 aromatic heterocycles. The highest BCUT2D eigenvalue weighted by atomic mass is 16.3. The molecule has 3 rings (SSSR count). The van der Waals surface area contributed by atoms with Gasteiger partial charge in [0.05, 0.1) is 16.8 Å². The number of benzene rings is 2. The third-order valence-electron chi connectivity index (χ3n) is 3.29. The van der Waals surface area contributed by atoms with Crippen molar-refractivity contribution in [3.8, 4) is 5.75 Å². The van der Waals surface area contributed by atoms with Gasteiger partial charge in [-0.15, -0.1) is 0 Å². The molecule has 0 atom stereocenters. The van der Waals surface area contributed by atoms with Gasteiger partial charge < -0.3 is 10.4 Å². The van der Waals surface area contributed by atoms with Gasteiger partial charge >= 0.3 is 0 Å². The third kappa shape index (κ3) is 2.56. The zero-order chi connectivity index (χ0) is 14.8. The number of hydrogen-bond acceptors (Lipinski definition) is 3. The lowest BCUT2D eigenvalue weighted by molar-refractivity contribution is 0.102. The Morgan fingerprint density at radius 2 is 2.00 bits per heavy atom. The number of amides is 1. The summed E-state index contributed by atoms with van der Waals surface area (Å²) in [5, 5.41) is 13.6. The Kier molecular flexibility index (Phi) is 3.28. The number of rotatable bonds is 2. The van der Waals surface area contributed by atoms with Crippen LogP contribution >= 0.6 is 0 Å². The summed E-state index contributed by atoms with van der Waals surface area (Å²) in [6.07, 6.45) is 1.71. The number of anilines is 1. The van der Waals surface area contributed by atoms with Gasteiger partial charge in [0.1, 0.15) is 5.75 Å². The lowest BCUT2D eigenvalue weighted by atomic mass is 10.1. The van der Waals surface area contributed by atoms with Gasteiger partial charge in [-0.2, -0.15) is 0 Å². The van der Waals surface area contributed by atoms with Crippen molar-refractivity contribution in [2.24, 2.45) is 0 Å². The summed E-state index contributed by atoms with van der Waals surface area (Å²) in [5.74, 6) is -0.366. The van der Waals surface area contributed by atoms with Crippen LogP contribution in [0.4, 0.5) is 5.69 Å². The van der Waals surface area contributed by atoms with E-state index in [2.05, 4.69) is 10.3 Å². The Balaban J connectivity index is 1.97. The van der Waals surface area contributed by atoms with Crippen LogP contribution in [0.25, 0.3) is 10.9 Å². The van der Waals surface area contributed by atoms with E-state index in [0.29, 0.717) is 5.69 Å². The van der Waals surface area contributed by atoms with Crippen molar-refractivity contribution >= 4 is 22.5 Å². The number of pyridine rings is 1. The van der Waals surface area contributed by atoms with Gasteiger partial charge in [-0.3, -0.25) is 9.78 Å². The summed E-state index contributed by atoms with van der Waals surface area (Å²) in [7, 11) is 0. The fourth-order valence-corrected chi connectivity index (χ4v) is 2.24. The second-order valence-corrected chi connectivity index (χ2v) is 4.85. The van der Waals surface area contributed by atoms with Crippen molar-refractivity contribution in [1.82, 2.24) is 4.98 Å². The molecule has 0 radical (unpaired) electrons. The van der Waals surface area contributed by atoms with Crippen LogP contribution in [0.15, 0.2) is 54.7 Å². The average molecular weight is 278 g/mol. The molecule has 0 unspecified atom stereocenters. The molecule has 104 valence electrons. The number of carbonyl (C=O) groups is 1. The van der Waals surface area contributed by atoms with Gasteiger partial charge in [0.25, 0.3) is 5.91 Å². The van der Waals surface area contributed by atoms with E-state index >= 15 is 0 Å². The zero-order valence-electron chi connectivity index (χ0n) is 11.5. The monoisotopic (exact) mass is 278 g/mol. The minimum absolute atomic E-state index is 0.0224. The Labute approximate surface area is 122 Å². The first-order valence-electron chi connectivity index (χ1n) is 6.60. The van der Waals surface area contributed by atoms with Crippen LogP contribution in [0.5, 0.6) is 5.75 Å². The molecule has 0 aliphatic carbocycles. The largest absolute Gasteiger partial charge is 0.507 e. The fourth-order valence-electron chi connectivity index (χ4n) is 2.24. The molecule has 2 aromatic carbocycles. The second kappa shape index (κ2) is 5.25. The van der Waals surface area contributed by atoms with Gasteiger partial charge in [-0.1, -0.05) is 12.1 Å². The van der Waals surface area contributed by atoms with Crippen molar-refractivity contribution in [3.63, 3.8) is 0 Å². The summed E-state index contributed by atoms with van der Waals surface area (Å²) in [6, 6.07) is 14.2. The van der Waals surface area contributed by atoms with Gasteiger partial charge in [0, 0.05) is 11.6 Å². The maximum Gasteiger partial charge on any atom is 0.259 e. The van der Waals surface area contributed by atoms with Gasteiger partial charge in [0.2, 0.25) is 0 Å². The standard InChI is InChI=1S/C17H14N2O2/c1-11-7-8-13(16(20)10-11)17(21)19-15-6-2-5-14-12(15)4-3-9-18-14/h2-10,20H,1H3,(H,19,21). The molecule has 21 heavy (non-hydrogen) atoms. The maximum absolute atomic E-state index is 12.3. The molecule has 0 bridgehead atoms. The van der Waals surface area contributed by atoms with Crippen molar-refractivity contribution in [2.45, 2.75) is 6.92 Å². The molecule has 3 aromatic rings. The van der Waals surface area contributed by atoms with Crippen molar-refractivity contribution < 1.29 is 9.90 Å². The Hall–Kier alpha value is -2.88. The van der Waals surface area contributed by atoms with E-state index in [0.717, 1.165) is 16.5 Å². The van der Waals surface area contributed by atoms with Crippen LogP contribution in [-0.2, 0) is 0 Å². The highest BCUT2D eigenvalue weighted by molar-refractivity contribution is 6.09. The zero-order valence-corrected chi connectivity index (χ0v) is 11.5. The molecule has 4 heteroatoms. The van der Waals surface area contributed by atoms with Crippen LogP contribution in [-0.4, -0.2) is 16.0 Å². The van der Waals surface area contributed by atoms with Gasteiger partial charge in [-0.05, 0) is 48.9 Å². The normalized spacial score (nSPS) is 10.5. The highest BCUT2D eigenvalue weighted by Crippen LogP contribution is 2.24. The quantitative estimate of drug-likeness (QED) is 0.754. The average Bonchev–Trinajstić information content (AvgIpc) is 2.47. The number of aromatic nitrogens is 1. The predicted molar refractivity (Wildman–Crippen MR) is 82.5 cm³/mol. The molecule has 0 spiro atoms. The molecule has 0 aliphatic heterocycles. The number of phenols is 1. The van der Waals surface area contributed by atoms with E-state index in [-0.39, 0.29) is 17.2 Å². The topological polar surface area (TPSA) is 62.2 Å². The van der Waals surface area contributed by atoms with Crippen LogP contribution < -0.4 is 5.32 Å². The summed E-state index contributed by atoms with van der Waals surface area (Å²) in [6.45, 7) is 1.86. The first-order valence-corrected chi connectivity index (χ1v) is 6.60. The molecule has 0 fully saturated rings. The number of hydrogen-bond donors (Lipinski definition) is 2. The lowest BCUT2D eigenvalue weighted by Gasteiger charge is -2.09. The Bertz CT molecular complexity index is 823. The van der Waals surface area contributed by atoms with Gasteiger partial charge in [-0.25, -0.2) is 0 Å². The first kappa shape index (κ1) is 13.1. The molecule has 1 amide bonds. The summed E-state index contributed by atoms with van der Waals surface area (Å²) in [5.41, 5.74) is 2.63. The van der Waals surface area contributed by atoms with E-state index in [1.807, 2.05) is 37.3 Å². The minimum Gasteiger partial charge on any atom is -0.507 e. The van der Waals surface area contributed by atoms with Crippen LogP contribution in [0.1, 0.15) is 15.9 Å². The number of aryl methyl sites for hydroxylation is 1. The number of aromatic hydroxyl groups is 1. The van der Waals surface area contributed by atoms with Crippen molar-refractivity contribution in [3.05, 3.63) is 65.9 Å². The molecule has 4 nitrogen and oxygen atoms in total. The number of nitrogens with one attached hydrogen (secondary N) is 1. The highest BCUT2D eigenvalue weighted by Gasteiger charge is 2.12. The Morgan fingerprint density at radius 1 is 1.14 bits per heavy atom. The van der Waals surface area contributed by atoms with Crippen LogP contribution in [0, 0.1) is 6.92 Å². The van der Waals surface area contributed by atoms with E-state index < -0.39 is 0 Å². The van der Waals surface area contributed by atoms with E-state index in [4.69, 9.17) is 0 Å². The molecular weight excluding hydrogens is 264 g/mol. The predicted octanol–water partition coefficient (Wildman–Crippen LogP) is 3.50. The maximum atomic E-state index is 12.3. The van der Waals surface area contributed by atoms with Crippen LogP contribution in [0.2, 0.25) is 0 Å². The number of nitrogens with zero attached hydrogens (tertiary/aromatic N) is 1. The van der Waals surface area contributed by atoms with Crippen molar-refractivity contribution in [2.75, 3.05) is 5.32 Å². The number of phenolic OH excluding ortho intramolecular Hbond substituents is 1. The smallest absolute Gasteiger partial charge is 0.259 e. The first-order chi connectivity index (χ1) is 10.1. The second-order valence-electron chi connectivity index (χ2n) is 4.85. The van der Waals surface area contributed by atoms with E-state index in [1.165, 1.54) is 0 Å². The van der Waals surface area contributed by atoms with Crippen LogP contribution in [0.3, 0.4) is 0 Å². The minimum atomic E-state index is -0.344. The third-order valence-corrected chi connectivity index (χ3v) is 3.29. The molecule has 1 heterocycles. The molecule has 2 N–H and O–H groups in total. The van der Waals surface area contributed by atoms with E-state index in [1.54, 1.807) is 24.4 Å². The summed E-state index contributed by atoms with van der Waals surface area (Å²) >= 11 is 0. The lowest BCUT2D eigenvalue weighted by Crippen LogP contribution is -2.12. The van der Waals surface area contributed by atoms with E-state index in [9.17, 15) is 9.90 Å². The Morgan fingerprint density at radius 3 is 2.81 bits per heavy atom. The fraction of sp³-hybridized carbons (Fsp3) is 0.0588. The summed E-state index contributed by atoms with van der Waals surface area (Å²) in [4.78, 5) is 16.5. The number of carbonyl (C=O) groups excluding carboxylic acids is 1. The molecule has 0 aliphatic rings. The number of fused-ring (bicyclic) bond motifs is 1. The molecule has 0 saturated heterocycles. The van der Waals surface area contributed by atoms with Crippen molar-refractivity contribution in [1.29, 1.82) is 0 Å². The van der Waals surface area contributed by atoms with Gasteiger partial charge in [0.15, 0.2) is 0 Å². The SMILES string of the molecule is Cc1ccc(C(=O)Nc2cccc3ncccc23)c(O)c1. The molecule has 0 saturated carbocycles. The molecular formula is C17H14N2O2.